The van der Waals surface area contributed by atoms with Gasteiger partial charge in [-0.2, -0.15) is 0 Å². The minimum Gasteiger partial charge on any atom is -0.481 e. The molecule has 0 fully saturated rings. The first kappa shape index (κ1) is 27.4. The van der Waals surface area contributed by atoms with Crippen molar-refractivity contribution in [2.24, 2.45) is 5.73 Å². The molecule has 188 valence electrons. The van der Waals surface area contributed by atoms with Crippen molar-refractivity contribution in [2.75, 3.05) is 0 Å². The van der Waals surface area contributed by atoms with Crippen LogP contribution in [0.1, 0.15) is 35.6 Å². The molecule has 36 heavy (non-hydrogen) atoms. The van der Waals surface area contributed by atoms with Crippen LogP contribution in [0.25, 0.3) is 0 Å². The molecule has 0 bridgehead atoms. The van der Waals surface area contributed by atoms with Crippen LogP contribution < -0.4 is 21.7 Å². The first-order chi connectivity index (χ1) is 17.1. The maximum absolute atomic E-state index is 12.8. The Hall–Kier alpha value is -4.85. The van der Waals surface area contributed by atoms with Crippen molar-refractivity contribution in [3.8, 4) is 12.3 Å². The van der Waals surface area contributed by atoms with Gasteiger partial charge in [0.25, 0.3) is 0 Å². The molecule has 0 aliphatic carbocycles. The van der Waals surface area contributed by atoms with Gasteiger partial charge in [-0.05, 0) is 11.1 Å². The SMILES string of the molecule is C#CCC(NC(=O)N[C@@H](CC(=O)O)C(=O)N[C@@H](Cc1ccccc1)C(=O)O)c1ccc(C(=N)N)cc1. The second kappa shape index (κ2) is 13.1. The summed E-state index contributed by atoms with van der Waals surface area (Å²) in [6.45, 7) is 0. The third kappa shape index (κ3) is 8.49. The second-order valence-corrected chi connectivity index (χ2v) is 7.85. The van der Waals surface area contributed by atoms with Gasteiger partial charge in [-0.3, -0.25) is 15.0 Å². The molecule has 2 aromatic carbocycles. The lowest BCUT2D eigenvalue weighted by molar-refractivity contribution is -0.142. The molecule has 2 rings (SSSR count). The zero-order valence-electron chi connectivity index (χ0n) is 19.2. The summed E-state index contributed by atoms with van der Waals surface area (Å²) in [6.07, 6.45) is 4.69. The molecule has 8 N–H and O–H groups in total. The van der Waals surface area contributed by atoms with Gasteiger partial charge in [0.15, 0.2) is 0 Å². The number of nitrogen functional groups attached to an aromatic ring is 1. The van der Waals surface area contributed by atoms with E-state index < -0.39 is 48.4 Å². The maximum atomic E-state index is 12.8. The summed E-state index contributed by atoms with van der Waals surface area (Å²) in [7, 11) is 0. The highest BCUT2D eigenvalue weighted by atomic mass is 16.4. The van der Waals surface area contributed by atoms with Crippen LogP contribution in [0.5, 0.6) is 0 Å². The average Bonchev–Trinajstić information content (AvgIpc) is 2.83. The first-order valence-corrected chi connectivity index (χ1v) is 10.8. The summed E-state index contributed by atoms with van der Waals surface area (Å²) in [5.41, 5.74) is 7.17. The molecule has 3 amide bonds. The highest BCUT2D eigenvalue weighted by Crippen LogP contribution is 2.17. The molecule has 0 saturated heterocycles. The van der Waals surface area contributed by atoms with Crippen LogP contribution in [0, 0.1) is 17.8 Å². The minimum absolute atomic E-state index is 0.0333. The molecule has 0 aliphatic rings. The van der Waals surface area contributed by atoms with Crippen LogP contribution in [0.15, 0.2) is 54.6 Å². The third-order valence-electron chi connectivity index (χ3n) is 5.15. The van der Waals surface area contributed by atoms with Gasteiger partial charge in [0.2, 0.25) is 5.91 Å². The molecule has 11 heteroatoms. The number of carboxylic acids is 2. The van der Waals surface area contributed by atoms with E-state index in [-0.39, 0.29) is 18.7 Å². The Morgan fingerprint density at radius 3 is 2.11 bits per heavy atom. The molecule has 2 aromatic rings. The first-order valence-electron chi connectivity index (χ1n) is 10.8. The lowest BCUT2D eigenvalue weighted by Gasteiger charge is -2.23. The van der Waals surface area contributed by atoms with E-state index in [1.165, 1.54) is 0 Å². The predicted molar refractivity (Wildman–Crippen MR) is 131 cm³/mol. The lowest BCUT2D eigenvalue weighted by atomic mass is 10.0. The number of urea groups is 1. The molecule has 0 saturated carbocycles. The standard InChI is InChI=1S/C25H27N5O6/c1-2-6-18(16-9-11-17(12-10-16)22(26)27)29-25(36)30-19(14-21(31)32)23(33)28-20(24(34)35)13-15-7-4-3-5-8-15/h1,3-5,7-12,18-20H,6,13-14H2,(H3,26,27)(H,28,33)(H,31,32)(H,34,35)(H2,29,30,36)/t18?,19-,20-/m0/s1. The zero-order valence-corrected chi connectivity index (χ0v) is 19.2. The number of amides is 3. The van der Waals surface area contributed by atoms with E-state index in [2.05, 4.69) is 21.9 Å². The van der Waals surface area contributed by atoms with Crippen molar-refractivity contribution in [2.45, 2.75) is 37.4 Å². The van der Waals surface area contributed by atoms with Gasteiger partial charge >= 0.3 is 18.0 Å². The van der Waals surface area contributed by atoms with Crippen molar-refractivity contribution < 1.29 is 29.4 Å². The number of hydrogen-bond donors (Lipinski definition) is 7. The Balaban J connectivity index is 2.12. The number of aliphatic carboxylic acids is 2. The van der Waals surface area contributed by atoms with Crippen LogP contribution in [0.3, 0.4) is 0 Å². The van der Waals surface area contributed by atoms with Gasteiger partial charge in [-0.1, -0.05) is 54.6 Å². The fraction of sp³-hybridized carbons (Fsp3) is 0.240. The number of hydrogen-bond acceptors (Lipinski definition) is 5. The summed E-state index contributed by atoms with van der Waals surface area (Å²) in [5, 5.41) is 33.4. The summed E-state index contributed by atoms with van der Waals surface area (Å²) in [6, 6.07) is 10.6. The Morgan fingerprint density at radius 2 is 1.58 bits per heavy atom. The van der Waals surface area contributed by atoms with E-state index in [1.54, 1.807) is 54.6 Å². The maximum Gasteiger partial charge on any atom is 0.326 e. The number of nitrogens with two attached hydrogens (primary N) is 1. The third-order valence-corrected chi connectivity index (χ3v) is 5.15. The molecule has 0 spiro atoms. The van der Waals surface area contributed by atoms with E-state index in [1.807, 2.05) is 0 Å². The smallest absolute Gasteiger partial charge is 0.326 e. The summed E-state index contributed by atoms with van der Waals surface area (Å²) in [4.78, 5) is 48.4. The average molecular weight is 494 g/mol. The van der Waals surface area contributed by atoms with Gasteiger partial charge in [0.05, 0.1) is 12.5 Å². The summed E-state index contributed by atoms with van der Waals surface area (Å²) < 4.78 is 0. The Kier molecular flexibility index (Phi) is 10.0. The quantitative estimate of drug-likeness (QED) is 0.130. The summed E-state index contributed by atoms with van der Waals surface area (Å²) >= 11 is 0. The molecule has 0 aromatic heterocycles. The summed E-state index contributed by atoms with van der Waals surface area (Å²) in [5.74, 6) is -1.34. The van der Waals surface area contributed by atoms with Crippen LogP contribution in [-0.4, -0.2) is 52.0 Å². The van der Waals surface area contributed by atoms with Crippen LogP contribution in [0.4, 0.5) is 4.79 Å². The van der Waals surface area contributed by atoms with Gasteiger partial charge < -0.3 is 31.9 Å². The van der Waals surface area contributed by atoms with Crippen molar-refractivity contribution in [1.29, 1.82) is 5.41 Å². The van der Waals surface area contributed by atoms with Crippen molar-refractivity contribution in [1.82, 2.24) is 16.0 Å². The number of nitrogens with one attached hydrogen (secondary N) is 4. The molecule has 11 nitrogen and oxygen atoms in total. The van der Waals surface area contributed by atoms with Gasteiger partial charge in [-0.25, -0.2) is 9.59 Å². The Bertz CT molecular complexity index is 1140. The van der Waals surface area contributed by atoms with Gasteiger partial charge in [-0.15, -0.1) is 12.3 Å². The number of carbonyl (C=O) groups is 4. The molecule has 3 atom stereocenters. The lowest BCUT2D eigenvalue weighted by Crippen LogP contribution is -2.54. The van der Waals surface area contributed by atoms with Crippen LogP contribution >= 0.6 is 0 Å². The highest BCUT2D eigenvalue weighted by Gasteiger charge is 2.29. The molecule has 1 unspecified atom stereocenters. The normalized spacial score (nSPS) is 12.8. The van der Waals surface area contributed by atoms with E-state index in [4.69, 9.17) is 17.6 Å². The number of rotatable bonds is 12. The zero-order chi connectivity index (χ0) is 26.7. The topological polar surface area (TPSA) is 195 Å². The second-order valence-electron chi connectivity index (χ2n) is 7.85. The monoisotopic (exact) mass is 493 g/mol. The van der Waals surface area contributed by atoms with Crippen molar-refractivity contribution in [3.05, 3.63) is 71.3 Å². The molecule has 0 radical (unpaired) electrons. The fourth-order valence-corrected chi connectivity index (χ4v) is 3.33. The fourth-order valence-electron chi connectivity index (χ4n) is 3.33. The van der Waals surface area contributed by atoms with Crippen molar-refractivity contribution in [3.63, 3.8) is 0 Å². The highest BCUT2D eigenvalue weighted by molar-refractivity contribution is 5.95. The molecule has 0 aliphatic heterocycles. The number of carboxylic acid groups (broad SMARTS) is 2. The van der Waals surface area contributed by atoms with Gasteiger partial charge in [0, 0.05) is 18.4 Å². The van der Waals surface area contributed by atoms with Crippen LogP contribution in [-0.2, 0) is 20.8 Å². The van der Waals surface area contributed by atoms with Gasteiger partial charge in [0.1, 0.15) is 17.9 Å². The van der Waals surface area contributed by atoms with E-state index >= 15 is 0 Å². The minimum atomic E-state index is -1.55. The van der Waals surface area contributed by atoms with Crippen LogP contribution in [0.2, 0.25) is 0 Å². The molecular formula is C25H27N5O6. The number of benzene rings is 2. The number of amidine groups is 1. The number of carbonyl (C=O) groups excluding carboxylic acids is 2. The van der Waals surface area contributed by atoms with Crippen molar-refractivity contribution >= 4 is 29.7 Å². The van der Waals surface area contributed by atoms with E-state index in [9.17, 15) is 29.4 Å². The van der Waals surface area contributed by atoms with E-state index in [0.717, 1.165) is 0 Å². The Labute approximate surface area is 207 Å². The Morgan fingerprint density at radius 1 is 0.944 bits per heavy atom. The largest absolute Gasteiger partial charge is 0.481 e. The predicted octanol–water partition coefficient (Wildman–Crippen LogP) is 0.990. The number of terminal acetylenes is 1. The molecule has 0 heterocycles. The molecular weight excluding hydrogens is 466 g/mol. The van der Waals surface area contributed by atoms with E-state index in [0.29, 0.717) is 16.7 Å².